The Hall–Kier alpha value is -0.790. The first-order valence-electron chi connectivity index (χ1n) is 3.05. The topological polar surface area (TPSA) is 26.3 Å². The largest absolute Gasteiger partial charge is 0.458 e. The molecule has 1 aliphatic rings. The first kappa shape index (κ1) is 6.33. The van der Waals surface area contributed by atoms with Crippen LogP contribution >= 0.6 is 0 Å². The fourth-order valence-corrected chi connectivity index (χ4v) is 0.970. The highest BCUT2D eigenvalue weighted by molar-refractivity contribution is 5.73. The minimum Gasteiger partial charge on any atom is -0.458 e. The highest BCUT2D eigenvalue weighted by atomic mass is 16.5. The smallest absolute Gasteiger partial charge is 0.310 e. The average Bonchev–Trinajstić information content (AvgIpc) is 1.59. The molecule has 9 heavy (non-hydrogen) atoms. The molecule has 0 saturated carbocycles. The normalized spacial score (nSPS) is 27.1. The van der Waals surface area contributed by atoms with Crippen molar-refractivity contribution in [2.45, 2.75) is 26.4 Å². The van der Waals surface area contributed by atoms with E-state index >= 15 is 0 Å². The van der Waals surface area contributed by atoms with E-state index < -0.39 is 0 Å². The van der Waals surface area contributed by atoms with Crippen LogP contribution in [0.5, 0.6) is 0 Å². The van der Waals surface area contributed by atoms with Crippen molar-refractivity contribution in [3.8, 4) is 0 Å². The predicted molar refractivity (Wildman–Crippen MR) is 33.9 cm³/mol. The summed E-state index contributed by atoms with van der Waals surface area (Å²) in [5, 5.41) is 0. The van der Waals surface area contributed by atoms with Gasteiger partial charge in [-0.15, -0.1) is 0 Å². The maximum atomic E-state index is 10.6. The van der Waals surface area contributed by atoms with Gasteiger partial charge in [0.25, 0.3) is 0 Å². The van der Waals surface area contributed by atoms with Crippen molar-refractivity contribution in [1.82, 2.24) is 0 Å². The number of cyclic esters (lactones) is 1. The van der Waals surface area contributed by atoms with Crippen LogP contribution in [-0.4, -0.2) is 12.1 Å². The average molecular weight is 126 g/mol. The Kier molecular flexibility index (Phi) is 1.56. The van der Waals surface area contributed by atoms with E-state index in [9.17, 15) is 4.79 Å². The van der Waals surface area contributed by atoms with E-state index in [2.05, 4.69) is 0 Å². The Bertz CT molecular complexity index is 158. The number of hydrogen-bond donors (Lipinski definition) is 0. The number of ether oxygens (including phenoxy) is 1. The zero-order valence-corrected chi connectivity index (χ0v) is 5.68. The maximum Gasteiger partial charge on any atom is 0.310 e. The number of carbonyl (C=O) groups excluding carboxylic acids is 1. The summed E-state index contributed by atoms with van der Waals surface area (Å²) >= 11 is 0. The van der Waals surface area contributed by atoms with Gasteiger partial charge in [-0.1, -0.05) is 5.57 Å². The van der Waals surface area contributed by atoms with E-state index in [1.54, 1.807) is 0 Å². The Morgan fingerprint density at radius 2 is 2.44 bits per heavy atom. The predicted octanol–water partition coefficient (Wildman–Crippen LogP) is 1.27. The molecule has 0 aromatic heterocycles. The van der Waals surface area contributed by atoms with Crippen molar-refractivity contribution in [2.24, 2.45) is 0 Å². The Labute approximate surface area is 54.5 Å². The number of esters is 1. The van der Waals surface area contributed by atoms with Gasteiger partial charge in [0.1, 0.15) is 6.10 Å². The van der Waals surface area contributed by atoms with E-state index in [0.29, 0.717) is 6.42 Å². The lowest BCUT2D eigenvalue weighted by atomic mass is 10.1. The molecule has 1 heterocycles. The molecule has 0 bridgehead atoms. The molecule has 0 spiro atoms. The SMILES string of the molecule is CC1=C[C@H](C)OC(=O)C1. The zero-order chi connectivity index (χ0) is 6.85. The summed E-state index contributed by atoms with van der Waals surface area (Å²) in [5.41, 5.74) is 1.11. The summed E-state index contributed by atoms with van der Waals surface area (Å²) < 4.78 is 4.84. The second kappa shape index (κ2) is 2.21. The lowest BCUT2D eigenvalue weighted by Crippen LogP contribution is -2.17. The van der Waals surface area contributed by atoms with Crippen molar-refractivity contribution in [3.63, 3.8) is 0 Å². The van der Waals surface area contributed by atoms with Gasteiger partial charge in [0.2, 0.25) is 0 Å². The van der Waals surface area contributed by atoms with Gasteiger partial charge in [0.05, 0.1) is 6.42 Å². The molecule has 0 aliphatic carbocycles. The second-order valence-electron chi connectivity index (χ2n) is 2.38. The molecule has 0 aromatic rings. The van der Waals surface area contributed by atoms with Crippen molar-refractivity contribution < 1.29 is 9.53 Å². The van der Waals surface area contributed by atoms with Crippen LogP contribution in [0.4, 0.5) is 0 Å². The summed E-state index contributed by atoms with van der Waals surface area (Å²) in [6.45, 7) is 3.80. The first-order valence-corrected chi connectivity index (χ1v) is 3.05. The van der Waals surface area contributed by atoms with Gasteiger partial charge in [-0.3, -0.25) is 4.79 Å². The van der Waals surface area contributed by atoms with Crippen LogP contribution in [0.2, 0.25) is 0 Å². The highest BCUT2D eigenvalue weighted by Gasteiger charge is 2.13. The Balaban J connectivity index is 2.67. The standard InChI is InChI=1S/C7H10O2/c1-5-3-6(2)9-7(8)4-5/h3,6H,4H2,1-2H3/t6-/m0/s1. The molecule has 0 aromatic carbocycles. The van der Waals surface area contributed by atoms with Crippen LogP contribution in [0, 0.1) is 0 Å². The number of carbonyl (C=O) groups is 1. The summed E-state index contributed by atoms with van der Waals surface area (Å²) in [5.74, 6) is -0.109. The van der Waals surface area contributed by atoms with Gasteiger partial charge in [-0.05, 0) is 19.9 Å². The molecule has 0 N–H and O–H groups in total. The monoisotopic (exact) mass is 126 g/mol. The summed E-state index contributed by atoms with van der Waals surface area (Å²) in [4.78, 5) is 10.6. The minimum atomic E-state index is -0.109. The molecule has 2 heteroatoms. The minimum absolute atomic E-state index is 0.0220. The molecular weight excluding hydrogens is 116 g/mol. The third-order valence-corrected chi connectivity index (χ3v) is 1.26. The molecule has 0 radical (unpaired) electrons. The van der Waals surface area contributed by atoms with Crippen molar-refractivity contribution in [2.75, 3.05) is 0 Å². The van der Waals surface area contributed by atoms with Gasteiger partial charge in [-0.2, -0.15) is 0 Å². The van der Waals surface area contributed by atoms with Crippen molar-refractivity contribution in [1.29, 1.82) is 0 Å². The molecule has 0 unspecified atom stereocenters. The van der Waals surface area contributed by atoms with Crippen molar-refractivity contribution in [3.05, 3.63) is 11.6 Å². The van der Waals surface area contributed by atoms with E-state index in [1.165, 1.54) is 0 Å². The van der Waals surface area contributed by atoms with Gasteiger partial charge in [0, 0.05) is 0 Å². The van der Waals surface area contributed by atoms with Crippen LogP contribution in [0.25, 0.3) is 0 Å². The first-order chi connectivity index (χ1) is 4.18. The van der Waals surface area contributed by atoms with Crippen molar-refractivity contribution >= 4 is 5.97 Å². The van der Waals surface area contributed by atoms with Gasteiger partial charge in [-0.25, -0.2) is 0 Å². The molecule has 0 fully saturated rings. The molecule has 1 atom stereocenters. The van der Waals surface area contributed by atoms with E-state index in [0.717, 1.165) is 5.57 Å². The lowest BCUT2D eigenvalue weighted by molar-refractivity contribution is -0.146. The summed E-state index contributed by atoms with van der Waals surface area (Å²) in [6.07, 6.45) is 2.40. The second-order valence-corrected chi connectivity index (χ2v) is 2.38. The molecule has 1 aliphatic heterocycles. The Morgan fingerprint density at radius 3 is 2.89 bits per heavy atom. The van der Waals surface area contributed by atoms with Crippen LogP contribution in [0.15, 0.2) is 11.6 Å². The van der Waals surface area contributed by atoms with Gasteiger partial charge < -0.3 is 4.74 Å². The third kappa shape index (κ3) is 1.56. The highest BCUT2D eigenvalue weighted by Crippen LogP contribution is 2.12. The molecule has 0 amide bonds. The molecule has 2 nitrogen and oxygen atoms in total. The fraction of sp³-hybridized carbons (Fsp3) is 0.571. The number of rotatable bonds is 0. The van der Waals surface area contributed by atoms with E-state index in [-0.39, 0.29) is 12.1 Å². The zero-order valence-electron chi connectivity index (χ0n) is 5.68. The van der Waals surface area contributed by atoms with Gasteiger partial charge in [0.15, 0.2) is 0 Å². The molecule has 50 valence electrons. The maximum absolute atomic E-state index is 10.6. The van der Waals surface area contributed by atoms with Crippen LogP contribution in [0.1, 0.15) is 20.3 Å². The van der Waals surface area contributed by atoms with Crippen LogP contribution in [0.3, 0.4) is 0 Å². The lowest BCUT2D eigenvalue weighted by Gasteiger charge is -2.15. The molecule has 0 saturated heterocycles. The van der Waals surface area contributed by atoms with Crippen LogP contribution < -0.4 is 0 Å². The summed E-state index contributed by atoms with van der Waals surface area (Å²) in [6, 6.07) is 0. The third-order valence-electron chi connectivity index (χ3n) is 1.26. The summed E-state index contributed by atoms with van der Waals surface area (Å²) in [7, 11) is 0. The fourth-order valence-electron chi connectivity index (χ4n) is 0.970. The number of hydrogen-bond acceptors (Lipinski definition) is 2. The van der Waals surface area contributed by atoms with E-state index in [4.69, 9.17) is 4.74 Å². The van der Waals surface area contributed by atoms with Crippen LogP contribution in [-0.2, 0) is 9.53 Å². The molecular formula is C7H10O2. The van der Waals surface area contributed by atoms with Gasteiger partial charge >= 0.3 is 5.97 Å². The quantitative estimate of drug-likeness (QED) is 0.361. The Morgan fingerprint density at radius 1 is 1.78 bits per heavy atom. The molecule has 1 rings (SSSR count). The van der Waals surface area contributed by atoms with E-state index in [1.807, 2.05) is 19.9 Å².